The summed E-state index contributed by atoms with van der Waals surface area (Å²) >= 11 is 0. The number of allylic oxidation sites excluding steroid dienone is 2. The number of rotatable bonds is 1. The van der Waals surface area contributed by atoms with Crippen LogP contribution in [-0.2, 0) is 9.59 Å². The minimum Gasteiger partial charge on any atom is -0.370 e. The number of alkyl halides is 6. The second-order valence-corrected chi connectivity index (χ2v) is 4.55. The van der Waals surface area contributed by atoms with Gasteiger partial charge in [0.15, 0.2) is 0 Å². The van der Waals surface area contributed by atoms with Crippen LogP contribution in [0.4, 0.5) is 26.3 Å². The van der Waals surface area contributed by atoms with Crippen molar-refractivity contribution < 1.29 is 41.0 Å². The molecule has 2 unspecified atom stereocenters. The molecule has 1 fully saturated rings. The SMILES string of the molecule is O=C1NC2C(C(O)(C(F)(F)F)C(F)(F)F)=CC=CC2C1=O. The molecular formula is C11H7F6NO3. The molecule has 0 aromatic rings. The van der Waals surface area contributed by atoms with Crippen LogP contribution in [0.3, 0.4) is 0 Å². The van der Waals surface area contributed by atoms with E-state index in [2.05, 4.69) is 0 Å². The standard InChI is InChI=1S/C11H7F6NO3/c12-10(13,14)9(21,11(15,16)17)5-3-1-2-4-6(5)18-8(20)7(4)19/h1-4,6,21H,(H,18,20). The van der Waals surface area contributed by atoms with Crippen molar-refractivity contribution in [3.8, 4) is 0 Å². The van der Waals surface area contributed by atoms with Crippen molar-refractivity contribution in [1.29, 1.82) is 0 Å². The Bertz CT molecular complexity index is 545. The van der Waals surface area contributed by atoms with Gasteiger partial charge in [0.1, 0.15) is 0 Å². The molecule has 0 radical (unpaired) electrons. The van der Waals surface area contributed by atoms with E-state index < -0.39 is 47.2 Å². The van der Waals surface area contributed by atoms with Gasteiger partial charge in [0.2, 0.25) is 5.78 Å². The smallest absolute Gasteiger partial charge is 0.370 e. The molecule has 4 nitrogen and oxygen atoms in total. The average Bonchev–Trinajstić information content (AvgIpc) is 2.62. The second-order valence-electron chi connectivity index (χ2n) is 4.55. The molecule has 116 valence electrons. The lowest BCUT2D eigenvalue weighted by Crippen LogP contribution is -2.61. The van der Waals surface area contributed by atoms with Crippen LogP contribution in [0.25, 0.3) is 0 Å². The highest BCUT2D eigenvalue weighted by atomic mass is 19.4. The van der Waals surface area contributed by atoms with E-state index in [1.54, 1.807) is 5.32 Å². The van der Waals surface area contributed by atoms with Gasteiger partial charge in [-0.1, -0.05) is 18.2 Å². The molecule has 2 N–H and O–H groups in total. The minimum absolute atomic E-state index is 0.404. The fraction of sp³-hybridized carbons (Fsp3) is 0.455. The molecule has 0 bridgehead atoms. The number of halogens is 6. The van der Waals surface area contributed by atoms with Gasteiger partial charge in [-0.05, 0) is 0 Å². The third-order valence-electron chi connectivity index (χ3n) is 3.34. The summed E-state index contributed by atoms with van der Waals surface area (Å²) in [6, 6.07) is -1.89. The fourth-order valence-corrected chi connectivity index (χ4v) is 2.29. The van der Waals surface area contributed by atoms with E-state index >= 15 is 0 Å². The summed E-state index contributed by atoms with van der Waals surface area (Å²) in [7, 11) is 0. The summed E-state index contributed by atoms with van der Waals surface area (Å²) in [6.07, 6.45) is -9.95. The predicted molar refractivity (Wildman–Crippen MR) is 54.7 cm³/mol. The molecule has 0 saturated carbocycles. The molecule has 2 rings (SSSR count). The van der Waals surface area contributed by atoms with Gasteiger partial charge in [0.25, 0.3) is 11.5 Å². The molecule has 1 heterocycles. The summed E-state index contributed by atoms with van der Waals surface area (Å²) in [5.74, 6) is -3.96. The van der Waals surface area contributed by atoms with Crippen molar-refractivity contribution in [3.05, 3.63) is 23.8 Å². The summed E-state index contributed by atoms with van der Waals surface area (Å²) < 4.78 is 76.8. The van der Waals surface area contributed by atoms with Gasteiger partial charge in [-0.2, -0.15) is 26.3 Å². The number of hydrogen-bond acceptors (Lipinski definition) is 3. The lowest BCUT2D eigenvalue weighted by atomic mass is 9.79. The molecule has 1 amide bonds. The zero-order valence-electron chi connectivity index (χ0n) is 9.92. The normalized spacial score (nSPS) is 26.5. The summed E-state index contributed by atoms with van der Waals surface area (Å²) in [6.45, 7) is 0. The highest BCUT2D eigenvalue weighted by Crippen LogP contribution is 2.50. The first-order valence-electron chi connectivity index (χ1n) is 5.50. The lowest BCUT2D eigenvalue weighted by molar-refractivity contribution is -0.353. The van der Waals surface area contributed by atoms with Gasteiger partial charge in [0, 0.05) is 5.57 Å². The average molecular weight is 315 g/mol. The van der Waals surface area contributed by atoms with E-state index in [1.165, 1.54) is 0 Å². The Balaban J connectivity index is 2.57. The number of nitrogens with one attached hydrogen (secondary N) is 1. The van der Waals surface area contributed by atoms with E-state index in [4.69, 9.17) is 0 Å². The van der Waals surface area contributed by atoms with Crippen molar-refractivity contribution in [2.75, 3.05) is 0 Å². The molecule has 1 aliphatic heterocycles. The van der Waals surface area contributed by atoms with Crippen LogP contribution in [0.15, 0.2) is 23.8 Å². The van der Waals surface area contributed by atoms with Crippen molar-refractivity contribution in [2.24, 2.45) is 5.92 Å². The Morgan fingerprint density at radius 3 is 2.05 bits per heavy atom. The van der Waals surface area contributed by atoms with Crippen LogP contribution >= 0.6 is 0 Å². The molecule has 10 heteroatoms. The maximum absolute atomic E-state index is 12.8. The third-order valence-corrected chi connectivity index (χ3v) is 3.34. The van der Waals surface area contributed by atoms with Gasteiger partial charge >= 0.3 is 12.4 Å². The van der Waals surface area contributed by atoms with E-state index in [0.29, 0.717) is 6.08 Å². The number of Topliss-reactive ketones (excluding diaryl/α,β-unsaturated/α-hetero) is 1. The first kappa shape index (κ1) is 15.5. The number of carbonyl (C=O) groups is 2. The quantitative estimate of drug-likeness (QED) is 0.561. The first-order valence-corrected chi connectivity index (χ1v) is 5.50. The fourth-order valence-electron chi connectivity index (χ4n) is 2.29. The monoisotopic (exact) mass is 315 g/mol. The van der Waals surface area contributed by atoms with Gasteiger partial charge in [0.05, 0.1) is 12.0 Å². The zero-order chi connectivity index (χ0) is 16.2. The van der Waals surface area contributed by atoms with Gasteiger partial charge in [-0.25, -0.2) is 0 Å². The number of fused-ring (bicyclic) bond motifs is 1. The third kappa shape index (κ3) is 2.04. The maximum atomic E-state index is 12.8. The Labute approximate surface area is 113 Å². The summed E-state index contributed by atoms with van der Waals surface area (Å²) in [5.41, 5.74) is -6.68. The molecule has 1 saturated heterocycles. The van der Waals surface area contributed by atoms with Crippen LogP contribution < -0.4 is 5.32 Å². The van der Waals surface area contributed by atoms with Crippen molar-refractivity contribution >= 4 is 11.7 Å². The molecule has 2 atom stereocenters. The van der Waals surface area contributed by atoms with E-state index in [-0.39, 0.29) is 0 Å². The van der Waals surface area contributed by atoms with Gasteiger partial charge in [-0.3, -0.25) is 9.59 Å². The zero-order valence-corrected chi connectivity index (χ0v) is 9.92. The number of amides is 1. The van der Waals surface area contributed by atoms with Crippen LogP contribution in [0.1, 0.15) is 0 Å². The van der Waals surface area contributed by atoms with Crippen molar-refractivity contribution in [2.45, 2.75) is 24.0 Å². The van der Waals surface area contributed by atoms with Crippen LogP contribution in [0.2, 0.25) is 0 Å². The maximum Gasteiger partial charge on any atom is 0.430 e. The molecule has 0 spiro atoms. The highest BCUT2D eigenvalue weighted by molar-refractivity contribution is 6.40. The Morgan fingerprint density at radius 2 is 1.57 bits per heavy atom. The number of hydrogen-bond donors (Lipinski definition) is 2. The topological polar surface area (TPSA) is 66.4 Å². The molecular weight excluding hydrogens is 308 g/mol. The highest BCUT2D eigenvalue weighted by Gasteiger charge is 2.74. The van der Waals surface area contributed by atoms with E-state index in [9.17, 15) is 41.0 Å². The van der Waals surface area contributed by atoms with Crippen molar-refractivity contribution in [3.63, 3.8) is 0 Å². The molecule has 21 heavy (non-hydrogen) atoms. The Kier molecular flexibility index (Phi) is 3.20. The lowest BCUT2D eigenvalue weighted by Gasteiger charge is -2.38. The summed E-state index contributed by atoms with van der Waals surface area (Å²) in [4.78, 5) is 22.5. The van der Waals surface area contributed by atoms with E-state index in [0.717, 1.165) is 12.2 Å². The predicted octanol–water partition coefficient (Wildman–Crippen LogP) is 1.02. The Morgan fingerprint density at radius 1 is 1.05 bits per heavy atom. The van der Waals surface area contributed by atoms with Crippen molar-refractivity contribution in [1.82, 2.24) is 5.32 Å². The summed E-state index contributed by atoms with van der Waals surface area (Å²) in [5, 5.41) is 11.1. The number of aliphatic hydroxyl groups is 1. The van der Waals surface area contributed by atoms with Crippen LogP contribution in [0.5, 0.6) is 0 Å². The number of carbonyl (C=O) groups excluding carboxylic acids is 2. The number of ketones is 1. The van der Waals surface area contributed by atoms with Gasteiger partial charge in [-0.15, -0.1) is 0 Å². The minimum atomic E-state index is -6.07. The molecule has 1 aliphatic carbocycles. The second kappa shape index (κ2) is 4.33. The van der Waals surface area contributed by atoms with E-state index in [1.807, 2.05) is 0 Å². The van der Waals surface area contributed by atoms with Crippen LogP contribution in [0, 0.1) is 5.92 Å². The van der Waals surface area contributed by atoms with Gasteiger partial charge < -0.3 is 10.4 Å². The largest absolute Gasteiger partial charge is 0.430 e. The molecule has 2 aliphatic rings. The Hall–Kier alpha value is -1.84. The molecule has 0 aromatic heterocycles. The molecule has 0 aromatic carbocycles. The first-order chi connectivity index (χ1) is 9.41. The van der Waals surface area contributed by atoms with Crippen LogP contribution in [-0.4, -0.2) is 40.8 Å².